The zero-order chi connectivity index (χ0) is 13.9. The van der Waals surface area contributed by atoms with Crippen LogP contribution in [0.25, 0.3) is 22.3 Å². The Morgan fingerprint density at radius 2 is 1.10 bits per heavy atom. The molecule has 0 aromatic heterocycles. The van der Waals surface area contributed by atoms with Crippen molar-refractivity contribution in [3.05, 3.63) is 84.2 Å². The summed E-state index contributed by atoms with van der Waals surface area (Å²) < 4.78 is 13.0. The highest BCUT2D eigenvalue weighted by Gasteiger charge is 2.02. The summed E-state index contributed by atoms with van der Waals surface area (Å²) in [6.07, 6.45) is 0. The molecule has 0 nitrogen and oxygen atoms in total. The van der Waals surface area contributed by atoms with Gasteiger partial charge in [0.15, 0.2) is 0 Å². The average molecular weight is 262 g/mol. The quantitative estimate of drug-likeness (QED) is 0.574. The topological polar surface area (TPSA) is 0 Å². The molecule has 0 aliphatic rings. The molecule has 0 saturated carbocycles. The number of benzene rings is 3. The van der Waals surface area contributed by atoms with Gasteiger partial charge in [-0.05, 0) is 47.4 Å². The van der Waals surface area contributed by atoms with E-state index in [0.29, 0.717) is 0 Å². The van der Waals surface area contributed by atoms with Crippen molar-refractivity contribution in [3.8, 4) is 22.3 Å². The van der Waals surface area contributed by atoms with Crippen LogP contribution in [0, 0.1) is 12.7 Å². The van der Waals surface area contributed by atoms with Crippen LogP contribution in [0.3, 0.4) is 0 Å². The molecule has 98 valence electrons. The smallest absolute Gasteiger partial charge is 0.123 e. The Morgan fingerprint density at radius 1 is 0.600 bits per heavy atom. The van der Waals surface area contributed by atoms with Crippen molar-refractivity contribution in [1.82, 2.24) is 0 Å². The van der Waals surface area contributed by atoms with E-state index in [1.165, 1.54) is 28.8 Å². The van der Waals surface area contributed by atoms with Crippen molar-refractivity contribution in [2.75, 3.05) is 0 Å². The maximum atomic E-state index is 13.0. The van der Waals surface area contributed by atoms with E-state index in [0.717, 1.165) is 11.1 Å². The highest BCUT2D eigenvalue weighted by atomic mass is 19.1. The third-order valence-electron chi connectivity index (χ3n) is 3.43. The Kier molecular flexibility index (Phi) is 3.34. The number of halogens is 1. The molecule has 0 N–H and O–H groups in total. The van der Waals surface area contributed by atoms with Gasteiger partial charge in [-0.2, -0.15) is 0 Å². The van der Waals surface area contributed by atoms with E-state index in [-0.39, 0.29) is 5.82 Å². The minimum atomic E-state index is -0.205. The first-order valence-electron chi connectivity index (χ1n) is 6.65. The molecule has 0 atom stereocenters. The molecule has 0 fully saturated rings. The van der Waals surface area contributed by atoms with Crippen LogP contribution >= 0.6 is 0 Å². The van der Waals surface area contributed by atoms with Gasteiger partial charge in [-0.3, -0.25) is 0 Å². The molecule has 0 spiro atoms. The van der Waals surface area contributed by atoms with E-state index in [2.05, 4.69) is 43.3 Å². The van der Waals surface area contributed by atoms with E-state index < -0.39 is 0 Å². The van der Waals surface area contributed by atoms with Crippen LogP contribution in [-0.4, -0.2) is 0 Å². The van der Waals surface area contributed by atoms with Crippen LogP contribution in [0.5, 0.6) is 0 Å². The average Bonchev–Trinajstić information content (AvgIpc) is 2.49. The molecule has 3 rings (SSSR count). The first kappa shape index (κ1) is 12.6. The summed E-state index contributed by atoms with van der Waals surface area (Å²) in [7, 11) is 0. The molecule has 0 aliphatic heterocycles. The maximum absolute atomic E-state index is 13.0. The van der Waals surface area contributed by atoms with Gasteiger partial charge in [-0.25, -0.2) is 4.39 Å². The van der Waals surface area contributed by atoms with Gasteiger partial charge in [-0.15, -0.1) is 0 Å². The molecule has 0 saturated heterocycles. The Labute approximate surface area is 118 Å². The fourth-order valence-corrected chi connectivity index (χ4v) is 2.27. The van der Waals surface area contributed by atoms with Crippen molar-refractivity contribution < 1.29 is 4.39 Å². The Balaban J connectivity index is 2.01. The molecule has 20 heavy (non-hydrogen) atoms. The number of hydrogen-bond donors (Lipinski definition) is 0. The number of rotatable bonds is 2. The first-order valence-corrected chi connectivity index (χ1v) is 6.65. The van der Waals surface area contributed by atoms with Crippen LogP contribution < -0.4 is 0 Å². The molecular weight excluding hydrogens is 247 g/mol. The summed E-state index contributed by atoms with van der Waals surface area (Å²) >= 11 is 0. The SMILES string of the molecule is Cc1ccc(-c2cccc(-c3ccc(F)cc3)c2)cc1. The number of aryl methyl sites for hydroxylation is 1. The van der Waals surface area contributed by atoms with Crippen molar-refractivity contribution in [2.45, 2.75) is 6.92 Å². The van der Waals surface area contributed by atoms with Gasteiger partial charge >= 0.3 is 0 Å². The molecule has 0 aliphatic carbocycles. The lowest BCUT2D eigenvalue weighted by molar-refractivity contribution is 0.628. The summed E-state index contributed by atoms with van der Waals surface area (Å²) in [5.41, 5.74) is 5.75. The Bertz CT molecular complexity index is 649. The second-order valence-corrected chi connectivity index (χ2v) is 4.95. The molecule has 3 aromatic rings. The van der Waals surface area contributed by atoms with Gasteiger partial charge in [0.2, 0.25) is 0 Å². The molecule has 0 heterocycles. The lowest BCUT2D eigenvalue weighted by Crippen LogP contribution is -1.82. The largest absolute Gasteiger partial charge is 0.207 e. The van der Waals surface area contributed by atoms with Crippen molar-refractivity contribution >= 4 is 0 Å². The monoisotopic (exact) mass is 262 g/mol. The standard InChI is InChI=1S/C19H15F/c1-14-5-7-15(8-6-14)17-3-2-4-18(13-17)16-9-11-19(20)12-10-16/h2-13H,1H3. The van der Waals surface area contributed by atoms with Crippen molar-refractivity contribution in [1.29, 1.82) is 0 Å². The van der Waals surface area contributed by atoms with E-state index in [9.17, 15) is 4.39 Å². The zero-order valence-corrected chi connectivity index (χ0v) is 11.3. The third-order valence-corrected chi connectivity index (χ3v) is 3.43. The molecule has 0 radical (unpaired) electrons. The summed E-state index contributed by atoms with van der Waals surface area (Å²) in [6.45, 7) is 2.08. The maximum Gasteiger partial charge on any atom is 0.123 e. The second kappa shape index (κ2) is 5.30. The molecule has 3 aromatic carbocycles. The van der Waals surface area contributed by atoms with Crippen molar-refractivity contribution in [3.63, 3.8) is 0 Å². The fraction of sp³-hybridized carbons (Fsp3) is 0.0526. The minimum Gasteiger partial charge on any atom is -0.207 e. The van der Waals surface area contributed by atoms with E-state index >= 15 is 0 Å². The fourth-order valence-electron chi connectivity index (χ4n) is 2.27. The summed E-state index contributed by atoms with van der Waals surface area (Å²) in [5.74, 6) is -0.205. The Morgan fingerprint density at radius 3 is 1.65 bits per heavy atom. The van der Waals surface area contributed by atoms with Crippen molar-refractivity contribution in [2.24, 2.45) is 0 Å². The summed E-state index contributed by atoms with van der Waals surface area (Å²) in [5, 5.41) is 0. The van der Waals surface area contributed by atoms with Gasteiger partial charge in [0.05, 0.1) is 0 Å². The third kappa shape index (κ3) is 2.62. The molecule has 0 unspecified atom stereocenters. The lowest BCUT2D eigenvalue weighted by atomic mass is 9.98. The highest BCUT2D eigenvalue weighted by Crippen LogP contribution is 2.26. The molecule has 0 bridgehead atoms. The predicted octanol–water partition coefficient (Wildman–Crippen LogP) is 5.47. The molecule has 1 heteroatoms. The normalized spacial score (nSPS) is 10.5. The lowest BCUT2D eigenvalue weighted by Gasteiger charge is -2.06. The van der Waals surface area contributed by atoms with Gasteiger partial charge in [0, 0.05) is 0 Å². The van der Waals surface area contributed by atoms with Gasteiger partial charge in [-0.1, -0.05) is 60.2 Å². The first-order chi connectivity index (χ1) is 9.72. The minimum absolute atomic E-state index is 0.205. The second-order valence-electron chi connectivity index (χ2n) is 4.95. The summed E-state index contributed by atoms with van der Waals surface area (Å²) in [6, 6.07) is 23.4. The molecular formula is C19H15F. The van der Waals surface area contributed by atoms with Crippen LogP contribution in [0.4, 0.5) is 4.39 Å². The molecule has 0 amide bonds. The van der Waals surface area contributed by atoms with Crippen LogP contribution in [0.1, 0.15) is 5.56 Å². The van der Waals surface area contributed by atoms with Gasteiger partial charge < -0.3 is 0 Å². The summed E-state index contributed by atoms with van der Waals surface area (Å²) in [4.78, 5) is 0. The van der Waals surface area contributed by atoms with Gasteiger partial charge in [0.25, 0.3) is 0 Å². The highest BCUT2D eigenvalue weighted by molar-refractivity contribution is 5.73. The van der Waals surface area contributed by atoms with E-state index in [1.807, 2.05) is 24.3 Å². The van der Waals surface area contributed by atoms with Gasteiger partial charge in [0.1, 0.15) is 5.82 Å². The Hall–Kier alpha value is -2.41. The predicted molar refractivity (Wildman–Crippen MR) is 82.0 cm³/mol. The van der Waals surface area contributed by atoms with E-state index in [4.69, 9.17) is 0 Å². The van der Waals surface area contributed by atoms with Crippen LogP contribution in [-0.2, 0) is 0 Å². The van der Waals surface area contributed by atoms with Crippen LogP contribution in [0.2, 0.25) is 0 Å². The van der Waals surface area contributed by atoms with E-state index in [1.54, 1.807) is 0 Å². The zero-order valence-electron chi connectivity index (χ0n) is 11.3. The van der Waals surface area contributed by atoms with Crippen LogP contribution in [0.15, 0.2) is 72.8 Å². The number of hydrogen-bond acceptors (Lipinski definition) is 0.